The summed E-state index contributed by atoms with van der Waals surface area (Å²) < 4.78 is 28.4. The number of sulfonamides is 1. The first-order valence-electron chi connectivity index (χ1n) is 5.89. The summed E-state index contributed by atoms with van der Waals surface area (Å²) in [5, 5.41) is 10.5. The molecule has 0 bridgehead atoms. The van der Waals surface area contributed by atoms with Crippen molar-refractivity contribution in [2.45, 2.75) is 5.03 Å². The van der Waals surface area contributed by atoms with E-state index in [-0.39, 0.29) is 5.03 Å². The molecule has 2 aromatic heterocycles. The average molecular weight is 324 g/mol. The van der Waals surface area contributed by atoms with Crippen molar-refractivity contribution in [3.63, 3.8) is 0 Å². The van der Waals surface area contributed by atoms with Crippen LogP contribution in [-0.2, 0) is 10.0 Å². The van der Waals surface area contributed by atoms with Gasteiger partial charge in [-0.05, 0) is 24.3 Å². The molecule has 1 aromatic carbocycles. The van der Waals surface area contributed by atoms with Gasteiger partial charge in [-0.25, -0.2) is 4.68 Å². The molecular formula is C12H10ClN5O2S. The molecule has 3 rings (SSSR count). The SMILES string of the molecule is O=S(=O)(Nc1cccc(Cl)c1-n1cccn1)c1ccn[nH]1. The standard InChI is InChI=1S/C12H10ClN5O2S/c13-9-3-1-4-10(12(9)18-8-2-6-15-18)17-21(19,20)11-5-7-14-16-11/h1-8,17H,(H,14,16). The zero-order chi connectivity index (χ0) is 14.9. The quantitative estimate of drug-likeness (QED) is 0.768. The smallest absolute Gasteiger partial charge is 0.276 e. The van der Waals surface area contributed by atoms with Crippen molar-refractivity contribution in [2.75, 3.05) is 4.72 Å². The molecule has 108 valence electrons. The Balaban J connectivity index is 2.07. The number of hydrogen-bond donors (Lipinski definition) is 2. The van der Waals surface area contributed by atoms with Crippen LogP contribution in [-0.4, -0.2) is 28.4 Å². The number of aromatic amines is 1. The third-order valence-corrected chi connectivity index (χ3v) is 4.33. The Morgan fingerprint density at radius 3 is 2.71 bits per heavy atom. The molecule has 0 fully saturated rings. The van der Waals surface area contributed by atoms with Crippen LogP contribution in [0, 0.1) is 0 Å². The molecule has 0 aliphatic carbocycles. The lowest BCUT2D eigenvalue weighted by molar-refractivity contribution is 0.597. The second kappa shape index (κ2) is 5.23. The minimum absolute atomic E-state index is 0.0334. The molecule has 0 unspecified atom stereocenters. The number of aromatic nitrogens is 4. The van der Waals surface area contributed by atoms with Gasteiger partial charge < -0.3 is 0 Å². The Bertz CT molecular complexity index is 844. The number of anilines is 1. The van der Waals surface area contributed by atoms with Crippen LogP contribution in [0.1, 0.15) is 0 Å². The summed E-state index contributed by atoms with van der Waals surface area (Å²) in [6, 6.07) is 8.00. The highest BCUT2D eigenvalue weighted by molar-refractivity contribution is 7.92. The molecule has 9 heteroatoms. The Morgan fingerprint density at radius 2 is 2.05 bits per heavy atom. The van der Waals surface area contributed by atoms with Crippen molar-refractivity contribution in [1.82, 2.24) is 20.0 Å². The van der Waals surface area contributed by atoms with Crippen molar-refractivity contribution in [2.24, 2.45) is 0 Å². The summed E-state index contributed by atoms with van der Waals surface area (Å²) in [6.45, 7) is 0. The lowest BCUT2D eigenvalue weighted by Crippen LogP contribution is -2.15. The van der Waals surface area contributed by atoms with Gasteiger partial charge in [0.1, 0.15) is 5.69 Å². The first kappa shape index (κ1) is 13.7. The molecule has 0 saturated heterocycles. The van der Waals surface area contributed by atoms with E-state index < -0.39 is 10.0 Å². The third-order valence-electron chi connectivity index (χ3n) is 2.73. The van der Waals surface area contributed by atoms with Gasteiger partial charge in [0.2, 0.25) is 0 Å². The monoisotopic (exact) mass is 323 g/mol. The first-order chi connectivity index (χ1) is 10.1. The summed E-state index contributed by atoms with van der Waals surface area (Å²) in [6.07, 6.45) is 4.62. The van der Waals surface area contributed by atoms with E-state index in [9.17, 15) is 8.42 Å². The van der Waals surface area contributed by atoms with E-state index in [4.69, 9.17) is 11.6 Å². The predicted molar refractivity (Wildman–Crippen MR) is 78.0 cm³/mol. The summed E-state index contributed by atoms with van der Waals surface area (Å²) in [4.78, 5) is 0. The molecule has 0 radical (unpaired) electrons. The van der Waals surface area contributed by atoms with Crippen LogP contribution in [0.15, 0.2) is 53.9 Å². The van der Waals surface area contributed by atoms with Gasteiger partial charge in [-0.3, -0.25) is 9.82 Å². The van der Waals surface area contributed by atoms with Crippen LogP contribution >= 0.6 is 11.6 Å². The van der Waals surface area contributed by atoms with Gasteiger partial charge in [-0.1, -0.05) is 17.7 Å². The second-order valence-electron chi connectivity index (χ2n) is 4.11. The molecule has 0 spiro atoms. The predicted octanol–water partition coefficient (Wildman–Crippen LogP) is 2.05. The molecule has 2 N–H and O–H groups in total. The highest BCUT2D eigenvalue weighted by Crippen LogP contribution is 2.29. The second-order valence-corrected chi connectivity index (χ2v) is 6.17. The maximum atomic E-state index is 12.2. The van der Waals surface area contributed by atoms with Gasteiger partial charge in [0, 0.05) is 12.4 Å². The van der Waals surface area contributed by atoms with E-state index in [0.717, 1.165) is 0 Å². The number of hydrogen-bond acceptors (Lipinski definition) is 4. The van der Waals surface area contributed by atoms with Crippen LogP contribution in [0.2, 0.25) is 5.02 Å². The number of nitrogens with one attached hydrogen (secondary N) is 2. The molecule has 0 amide bonds. The molecule has 3 aromatic rings. The van der Waals surface area contributed by atoms with Crippen LogP contribution < -0.4 is 4.72 Å². The summed E-state index contributed by atoms with van der Waals surface area (Å²) in [7, 11) is -3.77. The molecule has 0 aliphatic rings. The zero-order valence-corrected chi connectivity index (χ0v) is 12.1. The Morgan fingerprint density at radius 1 is 1.19 bits per heavy atom. The van der Waals surface area contributed by atoms with Crippen molar-refractivity contribution in [3.05, 3.63) is 53.9 Å². The molecule has 7 nitrogen and oxygen atoms in total. The minimum Gasteiger partial charge on any atom is -0.276 e. The van der Waals surface area contributed by atoms with E-state index in [2.05, 4.69) is 20.0 Å². The largest absolute Gasteiger partial charge is 0.278 e. The van der Waals surface area contributed by atoms with Crippen LogP contribution in [0.4, 0.5) is 5.69 Å². The molecule has 0 atom stereocenters. The fourth-order valence-corrected chi connectivity index (χ4v) is 3.06. The van der Waals surface area contributed by atoms with E-state index in [1.807, 2.05) is 0 Å². The number of nitrogens with zero attached hydrogens (tertiary/aromatic N) is 3. The maximum Gasteiger partial charge on any atom is 0.278 e. The van der Waals surface area contributed by atoms with Crippen molar-refractivity contribution >= 4 is 27.3 Å². The van der Waals surface area contributed by atoms with Crippen LogP contribution in [0.3, 0.4) is 0 Å². The Kier molecular flexibility index (Phi) is 3.40. The Labute approximate surface area is 125 Å². The first-order valence-corrected chi connectivity index (χ1v) is 7.75. The van der Waals surface area contributed by atoms with Crippen LogP contribution in [0.25, 0.3) is 5.69 Å². The molecule has 2 heterocycles. The topological polar surface area (TPSA) is 92.7 Å². The molecule has 0 aliphatic heterocycles. The zero-order valence-electron chi connectivity index (χ0n) is 10.6. The number of H-pyrrole nitrogens is 1. The number of para-hydroxylation sites is 1. The molecular weight excluding hydrogens is 314 g/mol. The minimum atomic E-state index is -3.77. The maximum absolute atomic E-state index is 12.2. The number of halogens is 1. The van der Waals surface area contributed by atoms with Crippen molar-refractivity contribution in [1.29, 1.82) is 0 Å². The Hall–Kier alpha value is -2.32. The average Bonchev–Trinajstić information content (AvgIpc) is 3.12. The normalized spacial score (nSPS) is 11.5. The fourth-order valence-electron chi connectivity index (χ4n) is 1.82. The van der Waals surface area contributed by atoms with Crippen molar-refractivity contribution < 1.29 is 8.42 Å². The van der Waals surface area contributed by atoms with Gasteiger partial charge in [-0.2, -0.15) is 18.6 Å². The summed E-state index contributed by atoms with van der Waals surface area (Å²) in [5.41, 5.74) is 0.771. The number of benzene rings is 1. The van der Waals surface area contributed by atoms with E-state index >= 15 is 0 Å². The number of rotatable bonds is 4. The highest BCUT2D eigenvalue weighted by Gasteiger charge is 2.19. The summed E-state index contributed by atoms with van der Waals surface area (Å²) >= 11 is 6.16. The lowest BCUT2D eigenvalue weighted by Gasteiger charge is -2.13. The van der Waals surface area contributed by atoms with Gasteiger partial charge in [0.05, 0.1) is 16.9 Å². The lowest BCUT2D eigenvalue weighted by atomic mass is 10.3. The molecule has 0 saturated carbocycles. The fraction of sp³-hybridized carbons (Fsp3) is 0. The summed E-state index contributed by atoms with van der Waals surface area (Å²) in [5.74, 6) is 0. The van der Waals surface area contributed by atoms with E-state index in [1.165, 1.54) is 16.9 Å². The highest BCUT2D eigenvalue weighted by atomic mass is 35.5. The van der Waals surface area contributed by atoms with Crippen molar-refractivity contribution in [3.8, 4) is 5.69 Å². The van der Waals surface area contributed by atoms with Gasteiger partial charge in [0.25, 0.3) is 10.0 Å². The molecule has 21 heavy (non-hydrogen) atoms. The van der Waals surface area contributed by atoms with E-state index in [0.29, 0.717) is 16.4 Å². The van der Waals surface area contributed by atoms with E-state index in [1.54, 1.807) is 36.7 Å². The third kappa shape index (κ3) is 2.63. The van der Waals surface area contributed by atoms with Gasteiger partial charge in [-0.15, -0.1) is 0 Å². The van der Waals surface area contributed by atoms with Gasteiger partial charge >= 0.3 is 0 Å². The van der Waals surface area contributed by atoms with Crippen LogP contribution in [0.5, 0.6) is 0 Å². The van der Waals surface area contributed by atoms with Gasteiger partial charge in [0.15, 0.2) is 5.03 Å².